The molecule has 7 nitrogen and oxygen atoms in total. The number of amides is 1. The first kappa shape index (κ1) is 22.1. The first-order valence-corrected chi connectivity index (χ1v) is 10.7. The van der Waals surface area contributed by atoms with Crippen LogP contribution in [0.15, 0.2) is 71.6 Å². The van der Waals surface area contributed by atoms with Crippen LogP contribution in [-0.2, 0) is 16.6 Å². The highest BCUT2D eigenvalue weighted by molar-refractivity contribution is 7.92. The van der Waals surface area contributed by atoms with Crippen LogP contribution in [0.5, 0.6) is 11.5 Å². The molecule has 0 aliphatic rings. The number of hydrogen-bond acceptors (Lipinski definition) is 5. The number of benzene rings is 3. The maximum absolute atomic E-state index is 13.8. The first-order valence-electron chi connectivity index (χ1n) is 9.20. The predicted molar refractivity (Wildman–Crippen MR) is 114 cm³/mol. The van der Waals surface area contributed by atoms with E-state index in [1.807, 2.05) is 0 Å². The van der Waals surface area contributed by atoms with Gasteiger partial charge in [0.15, 0.2) is 0 Å². The van der Waals surface area contributed by atoms with Crippen molar-refractivity contribution in [2.24, 2.45) is 0 Å². The van der Waals surface area contributed by atoms with Gasteiger partial charge in [-0.2, -0.15) is 0 Å². The van der Waals surface area contributed by atoms with Gasteiger partial charge >= 0.3 is 0 Å². The zero-order valence-electron chi connectivity index (χ0n) is 16.9. The SMILES string of the molecule is COc1ccc(CNC(=O)c2cccc(S(=O)(=O)Nc3ccccc3F)c2)c(OC)c1. The molecule has 0 bridgehead atoms. The van der Waals surface area contributed by atoms with Crippen molar-refractivity contribution in [3.8, 4) is 11.5 Å². The number of rotatable bonds is 8. The summed E-state index contributed by atoms with van der Waals surface area (Å²) in [6, 6.07) is 16.1. The van der Waals surface area contributed by atoms with Crippen LogP contribution >= 0.6 is 0 Å². The summed E-state index contributed by atoms with van der Waals surface area (Å²) in [5, 5.41) is 2.73. The molecule has 3 aromatic carbocycles. The molecule has 0 aliphatic heterocycles. The van der Waals surface area contributed by atoms with E-state index in [0.29, 0.717) is 11.5 Å². The summed E-state index contributed by atoms with van der Waals surface area (Å²) in [5.74, 6) is -0.00789. The summed E-state index contributed by atoms with van der Waals surface area (Å²) < 4.78 is 51.7. The molecule has 0 radical (unpaired) electrons. The molecule has 0 saturated heterocycles. The number of carbonyl (C=O) groups excluding carboxylic acids is 1. The fourth-order valence-electron chi connectivity index (χ4n) is 2.83. The molecule has 0 aliphatic carbocycles. The Morgan fingerprint density at radius 1 is 0.968 bits per heavy atom. The van der Waals surface area contributed by atoms with E-state index in [0.717, 1.165) is 11.6 Å². The summed E-state index contributed by atoms with van der Waals surface area (Å²) in [7, 11) is -1.03. The summed E-state index contributed by atoms with van der Waals surface area (Å²) in [6.07, 6.45) is 0. The van der Waals surface area contributed by atoms with Gasteiger partial charge in [-0.25, -0.2) is 12.8 Å². The molecule has 9 heteroatoms. The average molecular weight is 444 g/mol. The molecule has 0 spiro atoms. The Kier molecular flexibility index (Phi) is 6.76. The second-order valence-electron chi connectivity index (χ2n) is 6.47. The normalized spacial score (nSPS) is 10.9. The standard InChI is InChI=1S/C22H21FN2O5S/c1-29-17-11-10-16(21(13-17)30-2)14-24-22(26)15-6-5-7-18(12-15)31(27,28)25-20-9-4-3-8-19(20)23/h3-13,25H,14H2,1-2H3,(H,24,26). The predicted octanol–water partition coefficient (Wildman–Crippen LogP) is 3.57. The van der Waals surface area contributed by atoms with Gasteiger partial charge in [-0.3, -0.25) is 9.52 Å². The van der Waals surface area contributed by atoms with Crippen molar-refractivity contribution < 1.29 is 27.1 Å². The molecule has 3 aromatic rings. The zero-order chi connectivity index (χ0) is 22.4. The molecule has 3 rings (SSSR count). The molecule has 0 saturated carbocycles. The van der Waals surface area contributed by atoms with E-state index in [9.17, 15) is 17.6 Å². The van der Waals surface area contributed by atoms with Gasteiger partial charge in [0, 0.05) is 23.7 Å². The lowest BCUT2D eigenvalue weighted by Crippen LogP contribution is -2.23. The molecular weight excluding hydrogens is 423 g/mol. The number of ether oxygens (including phenoxy) is 2. The van der Waals surface area contributed by atoms with E-state index in [-0.39, 0.29) is 22.7 Å². The number of halogens is 1. The van der Waals surface area contributed by atoms with Crippen LogP contribution in [0.25, 0.3) is 0 Å². The van der Waals surface area contributed by atoms with E-state index in [2.05, 4.69) is 10.0 Å². The number of carbonyl (C=O) groups is 1. The Bertz CT molecular complexity index is 1200. The average Bonchev–Trinajstić information content (AvgIpc) is 2.78. The number of para-hydroxylation sites is 1. The van der Waals surface area contributed by atoms with Crippen molar-refractivity contribution in [3.63, 3.8) is 0 Å². The largest absolute Gasteiger partial charge is 0.497 e. The maximum Gasteiger partial charge on any atom is 0.262 e. The highest BCUT2D eigenvalue weighted by atomic mass is 32.2. The van der Waals surface area contributed by atoms with Crippen LogP contribution in [0.2, 0.25) is 0 Å². The Hall–Kier alpha value is -3.59. The molecule has 162 valence electrons. The van der Waals surface area contributed by atoms with Gasteiger partial charge in [0.05, 0.1) is 24.8 Å². The number of hydrogen-bond donors (Lipinski definition) is 2. The second-order valence-corrected chi connectivity index (χ2v) is 8.16. The highest BCUT2D eigenvalue weighted by Gasteiger charge is 2.18. The zero-order valence-corrected chi connectivity index (χ0v) is 17.7. The van der Waals surface area contributed by atoms with Gasteiger partial charge in [0.1, 0.15) is 17.3 Å². The van der Waals surface area contributed by atoms with Crippen LogP contribution in [0, 0.1) is 5.82 Å². The van der Waals surface area contributed by atoms with Crippen LogP contribution in [-0.4, -0.2) is 28.5 Å². The van der Waals surface area contributed by atoms with Gasteiger partial charge in [0.2, 0.25) is 0 Å². The summed E-state index contributed by atoms with van der Waals surface area (Å²) in [5.41, 5.74) is 0.689. The first-order chi connectivity index (χ1) is 14.8. The molecule has 0 aromatic heterocycles. The second kappa shape index (κ2) is 9.48. The molecule has 0 fully saturated rings. The van der Waals surface area contributed by atoms with E-state index in [1.54, 1.807) is 18.2 Å². The van der Waals surface area contributed by atoms with Crippen molar-refractivity contribution in [1.82, 2.24) is 5.32 Å². The lowest BCUT2D eigenvalue weighted by molar-refractivity contribution is 0.0950. The van der Waals surface area contributed by atoms with E-state index >= 15 is 0 Å². The van der Waals surface area contributed by atoms with E-state index in [4.69, 9.17) is 9.47 Å². The summed E-state index contributed by atoms with van der Waals surface area (Å²) in [6.45, 7) is 0.163. The van der Waals surface area contributed by atoms with E-state index < -0.39 is 21.7 Å². The van der Waals surface area contributed by atoms with Gasteiger partial charge in [-0.1, -0.05) is 18.2 Å². The minimum atomic E-state index is -4.08. The molecule has 0 heterocycles. The van der Waals surface area contributed by atoms with Crippen molar-refractivity contribution in [1.29, 1.82) is 0 Å². The van der Waals surface area contributed by atoms with Crippen molar-refractivity contribution >= 4 is 21.6 Å². The Morgan fingerprint density at radius 3 is 2.45 bits per heavy atom. The van der Waals surface area contributed by atoms with Gasteiger partial charge < -0.3 is 14.8 Å². The van der Waals surface area contributed by atoms with Gasteiger partial charge in [-0.15, -0.1) is 0 Å². The number of nitrogens with one attached hydrogen (secondary N) is 2. The van der Waals surface area contributed by atoms with Crippen molar-refractivity contribution in [3.05, 3.63) is 83.7 Å². The minimum Gasteiger partial charge on any atom is -0.497 e. The molecular formula is C22H21FN2O5S. The molecule has 2 N–H and O–H groups in total. The number of methoxy groups -OCH3 is 2. The lowest BCUT2D eigenvalue weighted by atomic mass is 10.1. The third kappa shape index (κ3) is 5.32. The number of anilines is 1. The van der Waals surface area contributed by atoms with E-state index in [1.165, 1.54) is 56.7 Å². The summed E-state index contributed by atoms with van der Waals surface area (Å²) in [4.78, 5) is 12.4. The molecule has 31 heavy (non-hydrogen) atoms. The smallest absolute Gasteiger partial charge is 0.262 e. The maximum atomic E-state index is 13.8. The third-order valence-electron chi connectivity index (χ3n) is 4.46. The topological polar surface area (TPSA) is 93.7 Å². The van der Waals surface area contributed by atoms with Crippen LogP contribution in [0.4, 0.5) is 10.1 Å². The number of sulfonamides is 1. The van der Waals surface area contributed by atoms with Crippen molar-refractivity contribution in [2.75, 3.05) is 18.9 Å². The third-order valence-corrected chi connectivity index (χ3v) is 5.82. The lowest BCUT2D eigenvalue weighted by Gasteiger charge is -2.12. The van der Waals surface area contributed by atoms with Crippen LogP contribution in [0.3, 0.4) is 0 Å². The molecule has 0 atom stereocenters. The molecule has 0 unspecified atom stereocenters. The fourth-order valence-corrected chi connectivity index (χ4v) is 3.94. The quantitative estimate of drug-likeness (QED) is 0.554. The van der Waals surface area contributed by atoms with Gasteiger partial charge in [-0.05, 0) is 42.5 Å². The Balaban J connectivity index is 1.75. The van der Waals surface area contributed by atoms with Crippen molar-refractivity contribution in [2.45, 2.75) is 11.4 Å². The summed E-state index contributed by atoms with van der Waals surface area (Å²) >= 11 is 0. The fraction of sp³-hybridized carbons (Fsp3) is 0.136. The Labute approximate surface area is 179 Å². The van der Waals surface area contributed by atoms with Gasteiger partial charge in [0.25, 0.3) is 15.9 Å². The monoisotopic (exact) mass is 444 g/mol. The Morgan fingerprint density at radius 2 is 1.74 bits per heavy atom. The minimum absolute atomic E-state index is 0.142. The molecule has 1 amide bonds. The highest BCUT2D eigenvalue weighted by Crippen LogP contribution is 2.24. The van der Waals surface area contributed by atoms with Crippen LogP contribution < -0.4 is 19.5 Å². The van der Waals surface area contributed by atoms with Crippen LogP contribution in [0.1, 0.15) is 15.9 Å².